The number of para-hydroxylation sites is 4. The number of hydrogen-bond acceptors (Lipinski definition) is 3. The molecule has 0 saturated heterocycles. The molecule has 3 aromatic heterocycles. The molecular weight excluding hydrogens is 1050 g/mol. The SMILES string of the molecule is Cc1[c-]cccc1C.[2H]c1c([2H])c([2H])c(-c2c([2H])c([2H])c([2H])c(-c3c([2H])c([2H])c([2H])c([2H])c3[2H])c2-[n+]2[c-]n(-c3[c-]c(Oc4ccc5c(n4)nc(B(c4ccccc4)c4ccccc4)n5-c4ccccc4)ccc3)c3ccccc32)c([2H])c1[2H].[Pt]. The van der Waals surface area contributed by atoms with Gasteiger partial charge in [0, 0.05) is 38.6 Å². The fraction of sp³-hybridized carbons (Fsp3) is 0.0317. The molecule has 12 aromatic rings. The van der Waals surface area contributed by atoms with Gasteiger partial charge in [0.15, 0.2) is 5.65 Å². The molecule has 0 radical (unpaired) electrons. The Morgan fingerprint density at radius 2 is 1.20 bits per heavy atom. The van der Waals surface area contributed by atoms with Gasteiger partial charge in [0.05, 0.1) is 45.8 Å². The van der Waals surface area contributed by atoms with Crippen molar-refractivity contribution in [2.75, 3.05) is 0 Å². The first-order chi connectivity index (χ1) is 40.0. The average molecular weight is 1110 g/mol. The van der Waals surface area contributed by atoms with Crippen molar-refractivity contribution in [1.82, 2.24) is 19.1 Å². The Bertz CT molecular complexity index is 4300. The zero-order valence-electron chi connectivity index (χ0n) is 51.1. The van der Waals surface area contributed by atoms with Crippen molar-refractivity contribution in [3.8, 4) is 50.9 Å². The molecule has 9 aromatic carbocycles. The van der Waals surface area contributed by atoms with Crippen LogP contribution < -0.4 is 26.0 Å². The van der Waals surface area contributed by atoms with E-state index in [-0.39, 0.29) is 45.1 Å². The fourth-order valence-electron chi connectivity index (χ4n) is 8.33. The van der Waals surface area contributed by atoms with Gasteiger partial charge in [-0.05, 0) is 46.1 Å². The number of pyridine rings is 1. The Balaban J connectivity index is 0.000000807. The van der Waals surface area contributed by atoms with Crippen LogP contribution in [0.15, 0.2) is 242 Å². The summed E-state index contributed by atoms with van der Waals surface area (Å²) < 4.78 is 126. The second-order valence-corrected chi connectivity index (χ2v) is 16.1. The Hall–Kier alpha value is -8.38. The van der Waals surface area contributed by atoms with Crippen LogP contribution in [0.2, 0.25) is 0 Å². The monoisotopic (exact) mass is 1110 g/mol. The number of aryl methyl sites for hydroxylation is 2. The van der Waals surface area contributed by atoms with Gasteiger partial charge in [0.1, 0.15) is 0 Å². The molecule has 0 unspecified atom stereocenters. The maximum Gasteiger partial charge on any atom is 0.288 e. The van der Waals surface area contributed by atoms with Crippen LogP contribution in [0, 0.1) is 32.3 Å². The van der Waals surface area contributed by atoms with Crippen molar-refractivity contribution in [3.05, 3.63) is 272 Å². The Kier molecular flexibility index (Phi) is 9.86. The number of aromatic nitrogens is 5. The number of nitrogens with zero attached hydrogens (tertiary/aromatic N) is 5. The maximum atomic E-state index is 9.35. The predicted octanol–water partition coefficient (Wildman–Crippen LogP) is 12.0. The van der Waals surface area contributed by atoms with E-state index in [4.69, 9.17) is 29.8 Å². The van der Waals surface area contributed by atoms with Gasteiger partial charge >= 0.3 is 0 Å². The van der Waals surface area contributed by atoms with Crippen LogP contribution in [0.4, 0.5) is 0 Å². The van der Waals surface area contributed by atoms with Gasteiger partial charge in [-0.2, -0.15) is 52.5 Å². The Labute approximate surface area is 447 Å². The van der Waals surface area contributed by atoms with E-state index in [0.29, 0.717) is 22.4 Å². The third-order valence-corrected chi connectivity index (χ3v) is 11.7. The van der Waals surface area contributed by atoms with Gasteiger partial charge in [-0.25, -0.2) is 4.98 Å². The van der Waals surface area contributed by atoms with Crippen LogP contribution >= 0.6 is 0 Å². The van der Waals surface area contributed by atoms with Crippen LogP contribution in [0.1, 0.15) is 28.9 Å². The van der Waals surface area contributed by atoms with E-state index in [9.17, 15) is 2.74 Å². The topological polar surface area (TPSA) is 48.8 Å². The second kappa shape index (κ2) is 21.1. The standard InChI is InChI=1S/C55H37BN5O.C8H9.Pt/c1-6-20-40(21-7-1)47-32-19-33-48(41-22-8-2-9-23-41)53(47)60-39-59(49-34-16-17-35-50(49)60)45-30-18-31-46(38-45)62-52-37-36-51-54(57-52)58-55(61(51)44-28-14-5-15-29-44)56(42-24-10-3-11-25-42)43-26-12-4-13-27-43;1-7-5-3-4-6-8(7)2;/h1-37H;3-5H,1-2H3;/q2*-1;/i1D,2D,6D,7D,8D,9D,19D,20D,21D,22D,23D,32D,33D;;. The van der Waals surface area contributed by atoms with Crippen LogP contribution in [-0.2, 0) is 21.1 Å². The zero-order chi connectivity index (χ0) is 58.5. The Morgan fingerprint density at radius 1 is 0.577 bits per heavy atom. The van der Waals surface area contributed by atoms with Gasteiger partial charge in [0.25, 0.3) is 13.0 Å². The smallest absolute Gasteiger partial charge is 0.288 e. The molecule has 12 rings (SSSR count). The summed E-state index contributed by atoms with van der Waals surface area (Å²) in [7, 11) is 0. The summed E-state index contributed by atoms with van der Waals surface area (Å²) in [5.74, 6) is 0.437. The van der Waals surface area contributed by atoms with Gasteiger partial charge in [-0.3, -0.25) is 4.57 Å². The van der Waals surface area contributed by atoms with Crippen molar-refractivity contribution in [2.24, 2.45) is 0 Å². The molecule has 3 heterocycles. The molecule has 0 spiro atoms. The zero-order valence-corrected chi connectivity index (χ0v) is 40.4. The normalized spacial score (nSPS) is 13.4. The summed E-state index contributed by atoms with van der Waals surface area (Å²) in [5, 5.41) is 0. The third-order valence-electron chi connectivity index (χ3n) is 11.7. The van der Waals surface area contributed by atoms with Gasteiger partial charge < -0.3 is 13.9 Å². The molecule has 0 fully saturated rings. The second-order valence-electron chi connectivity index (χ2n) is 16.1. The van der Waals surface area contributed by atoms with E-state index in [2.05, 4.69) is 67.2 Å². The molecule has 71 heavy (non-hydrogen) atoms. The van der Waals surface area contributed by atoms with Crippen LogP contribution in [0.5, 0.6) is 11.6 Å². The number of ether oxygens (including phenoxy) is 1. The van der Waals surface area contributed by atoms with Crippen molar-refractivity contribution in [1.29, 1.82) is 0 Å². The van der Waals surface area contributed by atoms with E-state index in [1.165, 1.54) is 15.7 Å². The molecule has 0 saturated carbocycles. The molecule has 8 heteroatoms. The number of benzene rings is 9. The fourth-order valence-corrected chi connectivity index (χ4v) is 8.33. The van der Waals surface area contributed by atoms with Crippen LogP contribution in [-0.4, -0.2) is 25.8 Å². The minimum atomic E-state index is -0.785. The maximum absolute atomic E-state index is 9.35. The third kappa shape index (κ3) is 9.66. The van der Waals surface area contributed by atoms with Crippen molar-refractivity contribution < 1.29 is 48.2 Å². The van der Waals surface area contributed by atoms with E-state index in [0.717, 1.165) is 27.9 Å². The van der Waals surface area contributed by atoms with Gasteiger partial charge in [-0.15, -0.1) is 12.1 Å². The van der Waals surface area contributed by atoms with E-state index in [1.807, 2.05) is 84.9 Å². The first-order valence-electron chi connectivity index (χ1n) is 28.9. The molecule has 344 valence electrons. The van der Waals surface area contributed by atoms with Gasteiger partial charge in [-0.1, -0.05) is 206 Å². The largest absolute Gasteiger partial charge is 0.466 e. The summed E-state index contributed by atoms with van der Waals surface area (Å²) in [4.78, 5) is 10.1. The van der Waals surface area contributed by atoms with Crippen LogP contribution in [0.25, 0.3) is 61.5 Å². The predicted molar refractivity (Wildman–Crippen MR) is 285 cm³/mol. The Morgan fingerprint density at radius 3 is 1.82 bits per heavy atom. The number of imidazole rings is 2. The van der Waals surface area contributed by atoms with E-state index >= 15 is 0 Å². The van der Waals surface area contributed by atoms with Gasteiger partial charge in [0.2, 0.25) is 5.88 Å². The molecule has 0 atom stereocenters. The summed E-state index contributed by atoms with van der Waals surface area (Å²) in [5.41, 5.74) is 6.34. The molecule has 6 nitrogen and oxygen atoms in total. The molecule has 0 aliphatic carbocycles. The number of rotatable bonds is 10. The average Bonchev–Trinajstić information content (AvgIpc) is 2.52. The molecule has 0 aliphatic rings. The minimum Gasteiger partial charge on any atom is -0.466 e. The summed E-state index contributed by atoms with van der Waals surface area (Å²) in [6, 6.07) is 48.6. The molecule has 0 aliphatic heterocycles. The summed E-state index contributed by atoms with van der Waals surface area (Å²) >= 11 is 0. The molecular formula is C63H46BN5OPt-2. The first kappa shape index (κ1) is 33.2. The van der Waals surface area contributed by atoms with E-state index < -0.39 is 101 Å². The molecule has 0 N–H and O–H groups in total. The summed E-state index contributed by atoms with van der Waals surface area (Å²) in [6.45, 7) is 3.89. The van der Waals surface area contributed by atoms with Crippen LogP contribution in [0.3, 0.4) is 0 Å². The number of hydrogen-bond donors (Lipinski definition) is 0. The molecule has 0 bridgehead atoms. The quantitative estimate of drug-likeness (QED) is 0.0779. The number of fused-ring (bicyclic) bond motifs is 2. The molecule has 0 amide bonds. The first-order valence-corrected chi connectivity index (χ1v) is 22.4. The van der Waals surface area contributed by atoms with Crippen molar-refractivity contribution in [3.63, 3.8) is 0 Å². The summed E-state index contributed by atoms with van der Waals surface area (Å²) in [6.07, 6.45) is 3.24. The van der Waals surface area contributed by atoms with E-state index in [1.54, 1.807) is 53.1 Å². The minimum absolute atomic E-state index is 0. The van der Waals surface area contributed by atoms with Crippen molar-refractivity contribution in [2.45, 2.75) is 13.8 Å². The van der Waals surface area contributed by atoms with Crippen molar-refractivity contribution >= 4 is 45.6 Å².